The number of unbranched alkanes of at least 4 members (excludes halogenated alkanes) is 1. The van der Waals surface area contributed by atoms with E-state index in [2.05, 4.69) is 4.18 Å². The molecule has 0 saturated heterocycles. The van der Waals surface area contributed by atoms with Crippen LogP contribution in [0.15, 0.2) is 0 Å². The van der Waals surface area contributed by atoms with E-state index < -0.39 is 10.1 Å². The second kappa shape index (κ2) is 4.72. The Morgan fingerprint density at radius 2 is 2.00 bits per heavy atom. The van der Waals surface area contributed by atoms with Crippen LogP contribution in [0.25, 0.3) is 0 Å². The van der Waals surface area contributed by atoms with Gasteiger partial charge in [0.25, 0.3) is 10.1 Å². The van der Waals surface area contributed by atoms with E-state index in [9.17, 15) is 8.42 Å². The van der Waals surface area contributed by atoms with Crippen molar-refractivity contribution < 1.29 is 12.6 Å². The standard InChI is InChI=1S/C7H15O3S/c1-4-5-6-7(2)10-11(3,8)9/h4-6H2,1-3H3. The summed E-state index contributed by atoms with van der Waals surface area (Å²) in [5.41, 5.74) is 0. The Balaban J connectivity index is 3.61. The first kappa shape index (κ1) is 10.9. The summed E-state index contributed by atoms with van der Waals surface area (Å²) in [4.78, 5) is 0. The molecule has 0 bridgehead atoms. The Hall–Kier alpha value is -0.0900. The maximum atomic E-state index is 10.6. The fraction of sp³-hybridized carbons (Fsp3) is 0.857. The number of hydrogen-bond donors (Lipinski definition) is 0. The lowest BCUT2D eigenvalue weighted by molar-refractivity contribution is 0.317. The quantitative estimate of drug-likeness (QED) is 0.603. The van der Waals surface area contributed by atoms with Gasteiger partial charge in [-0.15, -0.1) is 0 Å². The Labute approximate surface area is 68.9 Å². The van der Waals surface area contributed by atoms with Gasteiger partial charge in [0.15, 0.2) is 0 Å². The summed E-state index contributed by atoms with van der Waals surface area (Å²) in [6.45, 7) is 3.74. The Morgan fingerprint density at radius 1 is 1.45 bits per heavy atom. The third kappa shape index (κ3) is 7.81. The molecule has 0 aromatic rings. The van der Waals surface area contributed by atoms with Crippen LogP contribution in [0.1, 0.15) is 33.1 Å². The topological polar surface area (TPSA) is 43.4 Å². The highest BCUT2D eigenvalue weighted by atomic mass is 32.2. The molecule has 0 heterocycles. The molecule has 0 aliphatic carbocycles. The largest absolute Gasteiger partial charge is 0.265 e. The monoisotopic (exact) mass is 179 g/mol. The van der Waals surface area contributed by atoms with Crippen LogP contribution >= 0.6 is 0 Å². The normalized spacial score (nSPS) is 12.4. The summed E-state index contributed by atoms with van der Waals surface area (Å²) in [6.07, 6.45) is 4.38. The molecular formula is C7H15O3S. The summed E-state index contributed by atoms with van der Waals surface area (Å²) >= 11 is 0. The predicted molar refractivity (Wildman–Crippen MR) is 44.4 cm³/mol. The van der Waals surface area contributed by atoms with Crippen molar-refractivity contribution in [3.8, 4) is 0 Å². The minimum Gasteiger partial charge on any atom is -0.261 e. The lowest BCUT2D eigenvalue weighted by Crippen LogP contribution is -2.06. The summed E-state index contributed by atoms with van der Waals surface area (Å²) in [7, 11) is -3.29. The van der Waals surface area contributed by atoms with Crippen LogP contribution in [0.2, 0.25) is 0 Å². The molecule has 0 N–H and O–H groups in total. The molecule has 0 fully saturated rings. The summed E-state index contributed by atoms with van der Waals surface area (Å²) in [5.74, 6) is 0. The van der Waals surface area contributed by atoms with Crippen LogP contribution in [0.4, 0.5) is 0 Å². The van der Waals surface area contributed by atoms with Gasteiger partial charge in [-0.1, -0.05) is 19.8 Å². The number of hydrogen-bond acceptors (Lipinski definition) is 3. The maximum Gasteiger partial charge on any atom is 0.265 e. The van der Waals surface area contributed by atoms with Crippen molar-refractivity contribution in [1.29, 1.82) is 0 Å². The average molecular weight is 179 g/mol. The van der Waals surface area contributed by atoms with Crippen LogP contribution in [0.5, 0.6) is 0 Å². The fourth-order valence-electron chi connectivity index (χ4n) is 0.726. The number of rotatable bonds is 5. The lowest BCUT2D eigenvalue weighted by Gasteiger charge is -2.07. The van der Waals surface area contributed by atoms with Crippen molar-refractivity contribution in [3.63, 3.8) is 0 Å². The van der Waals surface area contributed by atoms with E-state index in [1.165, 1.54) is 0 Å². The van der Waals surface area contributed by atoms with Gasteiger partial charge < -0.3 is 0 Å². The van der Waals surface area contributed by atoms with E-state index in [0.717, 1.165) is 25.5 Å². The van der Waals surface area contributed by atoms with Crippen molar-refractivity contribution in [3.05, 3.63) is 6.10 Å². The molecule has 0 aromatic carbocycles. The van der Waals surface area contributed by atoms with Crippen LogP contribution in [-0.2, 0) is 14.3 Å². The molecule has 67 valence electrons. The smallest absolute Gasteiger partial charge is 0.261 e. The Kier molecular flexibility index (Phi) is 4.68. The third-order valence-electron chi connectivity index (χ3n) is 1.18. The molecule has 0 spiro atoms. The Morgan fingerprint density at radius 3 is 2.36 bits per heavy atom. The van der Waals surface area contributed by atoms with E-state index in [4.69, 9.17) is 0 Å². The molecule has 0 unspecified atom stereocenters. The zero-order valence-corrected chi connectivity index (χ0v) is 8.07. The van der Waals surface area contributed by atoms with E-state index in [1.54, 1.807) is 6.92 Å². The van der Waals surface area contributed by atoms with E-state index in [1.807, 2.05) is 6.92 Å². The van der Waals surface area contributed by atoms with Gasteiger partial charge in [-0.3, -0.25) is 4.18 Å². The first-order valence-corrected chi connectivity index (χ1v) is 5.49. The van der Waals surface area contributed by atoms with Gasteiger partial charge in [-0.05, 0) is 13.3 Å². The zero-order chi connectivity index (χ0) is 8.91. The minimum absolute atomic E-state index is 0.578. The molecule has 0 atom stereocenters. The highest BCUT2D eigenvalue weighted by molar-refractivity contribution is 7.86. The van der Waals surface area contributed by atoms with Gasteiger partial charge in [-0.2, -0.15) is 8.42 Å². The molecule has 0 aliphatic rings. The van der Waals surface area contributed by atoms with Crippen molar-refractivity contribution in [1.82, 2.24) is 0 Å². The summed E-state index contributed by atoms with van der Waals surface area (Å²) in [5, 5.41) is 0. The Bertz CT molecular complexity index is 184. The zero-order valence-electron chi connectivity index (χ0n) is 7.25. The van der Waals surface area contributed by atoms with Crippen LogP contribution in [0, 0.1) is 6.10 Å². The van der Waals surface area contributed by atoms with Crippen molar-refractivity contribution in [2.45, 2.75) is 33.1 Å². The molecule has 1 radical (unpaired) electrons. The van der Waals surface area contributed by atoms with Crippen molar-refractivity contribution in [2.24, 2.45) is 0 Å². The lowest BCUT2D eigenvalue weighted by atomic mass is 10.2. The molecule has 0 aromatic heterocycles. The highest BCUT2D eigenvalue weighted by Gasteiger charge is 2.09. The van der Waals surface area contributed by atoms with E-state index >= 15 is 0 Å². The molecular weight excluding hydrogens is 164 g/mol. The first-order chi connectivity index (χ1) is 4.95. The first-order valence-electron chi connectivity index (χ1n) is 3.67. The molecule has 0 amide bonds. The van der Waals surface area contributed by atoms with Crippen molar-refractivity contribution in [2.75, 3.05) is 6.26 Å². The molecule has 4 heteroatoms. The third-order valence-corrected chi connectivity index (χ3v) is 1.76. The molecule has 11 heavy (non-hydrogen) atoms. The average Bonchev–Trinajstić information content (AvgIpc) is 1.79. The van der Waals surface area contributed by atoms with Gasteiger partial charge in [-0.25, -0.2) is 0 Å². The summed E-state index contributed by atoms with van der Waals surface area (Å²) < 4.78 is 25.8. The predicted octanol–water partition coefficient (Wildman–Crippen LogP) is 1.70. The van der Waals surface area contributed by atoms with Gasteiger partial charge in [0.05, 0.1) is 6.26 Å². The van der Waals surface area contributed by atoms with Crippen LogP contribution in [-0.4, -0.2) is 14.7 Å². The molecule has 3 nitrogen and oxygen atoms in total. The molecule has 0 saturated carbocycles. The van der Waals surface area contributed by atoms with Crippen LogP contribution < -0.4 is 0 Å². The molecule has 0 rings (SSSR count). The highest BCUT2D eigenvalue weighted by Crippen LogP contribution is 2.13. The minimum atomic E-state index is -3.29. The van der Waals surface area contributed by atoms with Gasteiger partial charge in [0.2, 0.25) is 0 Å². The van der Waals surface area contributed by atoms with Gasteiger partial charge in [0, 0.05) is 0 Å². The second-order valence-electron chi connectivity index (χ2n) is 2.59. The fourth-order valence-corrected chi connectivity index (χ4v) is 1.33. The molecule has 0 aliphatic heterocycles. The maximum absolute atomic E-state index is 10.6. The van der Waals surface area contributed by atoms with E-state index in [0.29, 0.717) is 6.10 Å². The van der Waals surface area contributed by atoms with Gasteiger partial charge >= 0.3 is 0 Å². The SMILES string of the molecule is CCCC[C](C)OS(C)(=O)=O. The van der Waals surface area contributed by atoms with Crippen LogP contribution in [0.3, 0.4) is 0 Å². The van der Waals surface area contributed by atoms with E-state index in [-0.39, 0.29) is 0 Å². The summed E-state index contributed by atoms with van der Waals surface area (Å²) in [6, 6.07) is 0. The van der Waals surface area contributed by atoms with Gasteiger partial charge in [0.1, 0.15) is 6.10 Å². The van der Waals surface area contributed by atoms with Crippen molar-refractivity contribution >= 4 is 10.1 Å². The second-order valence-corrected chi connectivity index (χ2v) is 4.17.